The van der Waals surface area contributed by atoms with Gasteiger partial charge in [-0.3, -0.25) is 0 Å². The summed E-state index contributed by atoms with van der Waals surface area (Å²) in [5.74, 6) is 0.791. The van der Waals surface area contributed by atoms with Crippen LogP contribution in [0.25, 0.3) is 0 Å². The monoisotopic (exact) mass is 227 g/mol. The SMILES string of the molecule is CCC(C)N(CC)c1nc(Cl)ccc1N. The van der Waals surface area contributed by atoms with Crippen molar-refractivity contribution < 1.29 is 0 Å². The number of pyridine rings is 1. The standard InChI is InChI=1S/C11H18ClN3/c1-4-8(3)15(5-2)11-9(13)6-7-10(12)14-11/h6-8H,4-5,13H2,1-3H3. The Balaban J connectivity index is 3.05. The fraction of sp³-hybridized carbons (Fsp3) is 0.545. The molecule has 0 amide bonds. The highest BCUT2D eigenvalue weighted by Gasteiger charge is 2.15. The fourth-order valence-electron chi connectivity index (χ4n) is 1.56. The van der Waals surface area contributed by atoms with Crippen LogP contribution in [0.1, 0.15) is 27.2 Å². The Hall–Kier alpha value is -0.960. The number of aromatic nitrogens is 1. The van der Waals surface area contributed by atoms with Crippen molar-refractivity contribution >= 4 is 23.1 Å². The number of nitrogens with zero attached hydrogens (tertiary/aromatic N) is 2. The van der Waals surface area contributed by atoms with E-state index in [1.165, 1.54) is 0 Å². The predicted molar refractivity (Wildman–Crippen MR) is 66.4 cm³/mol. The van der Waals surface area contributed by atoms with Crippen LogP contribution in [0.15, 0.2) is 12.1 Å². The van der Waals surface area contributed by atoms with Gasteiger partial charge in [0.15, 0.2) is 5.82 Å². The number of nitrogens with two attached hydrogens (primary N) is 1. The van der Waals surface area contributed by atoms with Crippen molar-refractivity contribution in [2.45, 2.75) is 33.2 Å². The topological polar surface area (TPSA) is 42.2 Å². The molecule has 0 saturated heterocycles. The van der Waals surface area contributed by atoms with E-state index in [-0.39, 0.29) is 0 Å². The van der Waals surface area contributed by atoms with Crippen LogP contribution in [-0.4, -0.2) is 17.6 Å². The van der Waals surface area contributed by atoms with E-state index in [1.807, 2.05) is 0 Å². The Morgan fingerprint density at radius 3 is 2.67 bits per heavy atom. The smallest absolute Gasteiger partial charge is 0.153 e. The normalized spacial score (nSPS) is 12.5. The van der Waals surface area contributed by atoms with Gasteiger partial charge < -0.3 is 10.6 Å². The van der Waals surface area contributed by atoms with Crippen molar-refractivity contribution in [1.82, 2.24) is 4.98 Å². The highest BCUT2D eigenvalue weighted by Crippen LogP contribution is 2.25. The minimum Gasteiger partial charge on any atom is -0.396 e. The van der Waals surface area contributed by atoms with Gasteiger partial charge in [-0.25, -0.2) is 4.98 Å². The largest absolute Gasteiger partial charge is 0.396 e. The number of hydrogen-bond donors (Lipinski definition) is 1. The third-order valence-corrected chi connectivity index (χ3v) is 2.82. The van der Waals surface area contributed by atoms with Crippen LogP contribution in [0.3, 0.4) is 0 Å². The third-order valence-electron chi connectivity index (χ3n) is 2.61. The van der Waals surface area contributed by atoms with Gasteiger partial charge in [0.05, 0.1) is 5.69 Å². The molecule has 15 heavy (non-hydrogen) atoms. The molecule has 1 aromatic rings. The fourth-order valence-corrected chi connectivity index (χ4v) is 1.70. The lowest BCUT2D eigenvalue weighted by atomic mass is 10.2. The zero-order chi connectivity index (χ0) is 11.4. The first-order valence-electron chi connectivity index (χ1n) is 5.28. The summed E-state index contributed by atoms with van der Waals surface area (Å²) in [5, 5.41) is 0.487. The number of rotatable bonds is 4. The van der Waals surface area contributed by atoms with Gasteiger partial charge >= 0.3 is 0 Å². The maximum Gasteiger partial charge on any atom is 0.153 e. The lowest BCUT2D eigenvalue weighted by Crippen LogP contribution is -2.33. The van der Waals surface area contributed by atoms with Gasteiger partial charge in [-0.05, 0) is 32.4 Å². The molecule has 0 aliphatic heterocycles. The van der Waals surface area contributed by atoms with Crippen LogP contribution in [0, 0.1) is 0 Å². The lowest BCUT2D eigenvalue weighted by molar-refractivity contribution is 0.624. The zero-order valence-corrected chi connectivity index (χ0v) is 10.3. The molecule has 1 atom stereocenters. The van der Waals surface area contributed by atoms with Gasteiger partial charge in [0, 0.05) is 12.6 Å². The molecule has 0 saturated carbocycles. The minimum atomic E-state index is 0.420. The molecular formula is C11H18ClN3. The molecule has 0 aromatic carbocycles. The second-order valence-electron chi connectivity index (χ2n) is 3.59. The highest BCUT2D eigenvalue weighted by molar-refractivity contribution is 6.29. The third kappa shape index (κ3) is 2.75. The Kier molecular flexibility index (Phi) is 4.21. The van der Waals surface area contributed by atoms with Crippen molar-refractivity contribution in [1.29, 1.82) is 0 Å². The summed E-state index contributed by atoms with van der Waals surface area (Å²) in [6.07, 6.45) is 1.06. The maximum atomic E-state index is 5.90. The first-order valence-corrected chi connectivity index (χ1v) is 5.66. The van der Waals surface area contributed by atoms with E-state index < -0.39 is 0 Å². The van der Waals surface area contributed by atoms with E-state index in [4.69, 9.17) is 17.3 Å². The van der Waals surface area contributed by atoms with E-state index in [0.29, 0.717) is 16.9 Å². The molecule has 3 nitrogen and oxygen atoms in total. The van der Waals surface area contributed by atoms with Crippen LogP contribution >= 0.6 is 11.6 Å². The van der Waals surface area contributed by atoms with Crippen LogP contribution in [0.4, 0.5) is 11.5 Å². The van der Waals surface area contributed by atoms with Gasteiger partial charge in [0.2, 0.25) is 0 Å². The van der Waals surface area contributed by atoms with Crippen molar-refractivity contribution in [2.75, 3.05) is 17.2 Å². The average molecular weight is 228 g/mol. The molecule has 0 aliphatic rings. The van der Waals surface area contributed by atoms with Crippen LogP contribution < -0.4 is 10.6 Å². The molecule has 1 rings (SSSR count). The number of nitrogen functional groups attached to an aromatic ring is 1. The number of hydrogen-bond acceptors (Lipinski definition) is 3. The second kappa shape index (κ2) is 5.21. The first kappa shape index (κ1) is 12.1. The maximum absolute atomic E-state index is 5.90. The van der Waals surface area contributed by atoms with Gasteiger partial charge in [-0.2, -0.15) is 0 Å². The van der Waals surface area contributed by atoms with Crippen molar-refractivity contribution in [3.63, 3.8) is 0 Å². The van der Waals surface area contributed by atoms with Gasteiger partial charge in [-0.1, -0.05) is 18.5 Å². The van der Waals surface area contributed by atoms with Gasteiger partial charge in [0.1, 0.15) is 5.15 Å². The highest BCUT2D eigenvalue weighted by atomic mass is 35.5. The lowest BCUT2D eigenvalue weighted by Gasteiger charge is -2.29. The Morgan fingerprint density at radius 2 is 2.13 bits per heavy atom. The molecule has 0 fully saturated rings. The van der Waals surface area contributed by atoms with E-state index in [2.05, 4.69) is 30.7 Å². The molecule has 0 bridgehead atoms. The van der Waals surface area contributed by atoms with Gasteiger partial charge in [0.25, 0.3) is 0 Å². The molecule has 84 valence electrons. The molecule has 1 aromatic heterocycles. The summed E-state index contributed by atoms with van der Waals surface area (Å²) >= 11 is 5.87. The van der Waals surface area contributed by atoms with Crippen LogP contribution in [-0.2, 0) is 0 Å². The summed E-state index contributed by atoms with van der Waals surface area (Å²) in [4.78, 5) is 6.45. The minimum absolute atomic E-state index is 0.420. The second-order valence-corrected chi connectivity index (χ2v) is 3.98. The Morgan fingerprint density at radius 1 is 1.47 bits per heavy atom. The molecule has 0 aliphatic carbocycles. The average Bonchev–Trinajstić information content (AvgIpc) is 2.23. The molecular weight excluding hydrogens is 210 g/mol. The predicted octanol–water partition coefficient (Wildman–Crippen LogP) is 2.94. The van der Waals surface area contributed by atoms with E-state index in [1.54, 1.807) is 12.1 Å². The molecule has 4 heteroatoms. The van der Waals surface area contributed by atoms with E-state index in [9.17, 15) is 0 Å². The molecule has 2 N–H and O–H groups in total. The van der Waals surface area contributed by atoms with E-state index in [0.717, 1.165) is 18.8 Å². The number of halogens is 1. The molecule has 1 unspecified atom stereocenters. The quantitative estimate of drug-likeness (QED) is 0.805. The summed E-state index contributed by atoms with van der Waals surface area (Å²) < 4.78 is 0. The van der Waals surface area contributed by atoms with Crippen molar-refractivity contribution in [3.8, 4) is 0 Å². The molecule has 1 heterocycles. The summed E-state index contributed by atoms with van der Waals surface area (Å²) in [7, 11) is 0. The van der Waals surface area contributed by atoms with Crippen LogP contribution in [0.5, 0.6) is 0 Å². The van der Waals surface area contributed by atoms with E-state index >= 15 is 0 Å². The molecule has 0 radical (unpaired) electrons. The zero-order valence-electron chi connectivity index (χ0n) is 9.50. The van der Waals surface area contributed by atoms with Crippen LogP contribution in [0.2, 0.25) is 5.15 Å². The number of anilines is 2. The van der Waals surface area contributed by atoms with Gasteiger partial charge in [-0.15, -0.1) is 0 Å². The van der Waals surface area contributed by atoms with Crippen molar-refractivity contribution in [2.24, 2.45) is 0 Å². The summed E-state index contributed by atoms with van der Waals surface area (Å²) in [6.45, 7) is 7.28. The van der Waals surface area contributed by atoms with Crippen molar-refractivity contribution in [3.05, 3.63) is 17.3 Å². The molecule has 0 spiro atoms. The first-order chi connectivity index (χ1) is 7.10. The Labute approximate surface area is 96.2 Å². The summed E-state index contributed by atoms with van der Waals surface area (Å²) in [6, 6.07) is 3.93. The summed E-state index contributed by atoms with van der Waals surface area (Å²) in [5.41, 5.74) is 6.58. The Bertz CT molecular complexity index is 328.